The standard InChI is InChI=1S/C18H34O2/c1-15(2)9-7-10-17(5)13(15)8-11-18(6,20)14(17)12-16(3,4)19/h13-14,19-20H,7-12H2,1-6H3/t13-,14+,17+,18-/m1/s1. The van der Waals surface area contributed by atoms with Gasteiger partial charge in [-0.1, -0.05) is 27.2 Å². The zero-order valence-electron chi connectivity index (χ0n) is 14.3. The van der Waals surface area contributed by atoms with Crippen molar-refractivity contribution in [2.45, 2.75) is 91.3 Å². The van der Waals surface area contributed by atoms with Crippen molar-refractivity contribution in [2.75, 3.05) is 0 Å². The Morgan fingerprint density at radius 3 is 2.20 bits per heavy atom. The van der Waals surface area contributed by atoms with E-state index < -0.39 is 11.2 Å². The molecule has 2 heteroatoms. The van der Waals surface area contributed by atoms with Crippen molar-refractivity contribution in [3.63, 3.8) is 0 Å². The van der Waals surface area contributed by atoms with Crippen LogP contribution < -0.4 is 0 Å². The molecule has 2 fully saturated rings. The highest BCUT2D eigenvalue weighted by molar-refractivity contribution is 5.08. The fourth-order valence-electron chi connectivity index (χ4n) is 5.58. The average Bonchev–Trinajstić information content (AvgIpc) is 2.21. The Labute approximate surface area is 125 Å². The van der Waals surface area contributed by atoms with Gasteiger partial charge in [0, 0.05) is 0 Å². The molecule has 4 atom stereocenters. The molecule has 2 aliphatic carbocycles. The van der Waals surface area contributed by atoms with E-state index in [0.717, 1.165) is 12.8 Å². The summed E-state index contributed by atoms with van der Waals surface area (Å²) < 4.78 is 0. The summed E-state index contributed by atoms with van der Waals surface area (Å²) in [6.45, 7) is 12.9. The maximum atomic E-state index is 11.0. The Balaban J connectivity index is 2.38. The van der Waals surface area contributed by atoms with E-state index in [2.05, 4.69) is 20.8 Å². The number of hydrogen-bond acceptors (Lipinski definition) is 2. The van der Waals surface area contributed by atoms with Crippen LogP contribution in [-0.4, -0.2) is 21.4 Å². The fraction of sp³-hybridized carbons (Fsp3) is 1.00. The Bertz CT molecular complexity index is 364. The van der Waals surface area contributed by atoms with Crippen LogP contribution in [0, 0.1) is 22.7 Å². The molecule has 0 spiro atoms. The van der Waals surface area contributed by atoms with E-state index in [9.17, 15) is 10.2 Å². The number of aliphatic hydroxyl groups is 2. The quantitative estimate of drug-likeness (QED) is 0.799. The molecule has 0 aliphatic heterocycles. The maximum absolute atomic E-state index is 11.0. The van der Waals surface area contributed by atoms with Gasteiger partial charge in [0.1, 0.15) is 0 Å². The maximum Gasteiger partial charge on any atom is 0.0654 e. The van der Waals surface area contributed by atoms with Gasteiger partial charge in [-0.15, -0.1) is 0 Å². The van der Waals surface area contributed by atoms with Crippen LogP contribution in [0.3, 0.4) is 0 Å². The molecule has 2 saturated carbocycles. The van der Waals surface area contributed by atoms with Crippen molar-refractivity contribution in [3.05, 3.63) is 0 Å². The van der Waals surface area contributed by atoms with Gasteiger partial charge in [-0.25, -0.2) is 0 Å². The molecule has 2 aliphatic rings. The van der Waals surface area contributed by atoms with Crippen LogP contribution >= 0.6 is 0 Å². The second kappa shape index (κ2) is 4.71. The van der Waals surface area contributed by atoms with Gasteiger partial charge in [0.15, 0.2) is 0 Å². The first-order valence-corrected chi connectivity index (χ1v) is 8.33. The first-order chi connectivity index (χ1) is 8.89. The van der Waals surface area contributed by atoms with Gasteiger partial charge in [0.25, 0.3) is 0 Å². The summed E-state index contributed by atoms with van der Waals surface area (Å²) in [6, 6.07) is 0. The Kier molecular flexibility index (Phi) is 3.84. The third-order valence-electron chi connectivity index (χ3n) is 6.47. The van der Waals surface area contributed by atoms with Crippen molar-refractivity contribution < 1.29 is 10.2 Å². The molecule has 0 aromatic heterocycles. The van der Waals surface area contributed by atoms with E-state index in [1.54, 1.807) is 0 Å². The van der Waals surface area contributed by atoms with E-state index in [1.165, 1.54) is 19.3 Å². The van der Waals surface area contributed by atoms with Crippen molar-refractivity contribution in [1.82, 2.24) is 0 Å². The highest BCUT2D eigenvalue weighted by atomic mass is 16.3. The predicted molar refractivity (Wildman–Crippen MR) is 83.5 cm³/mol. The van der Waals surface area contributed by atoms with Crippen molar-refractivity contribution in [1.29, 1.82) is 0 Å². The third-order valence-corrected chi connectivity index (χ3v) is 6.47. The molecule has 0 bridgehead atoms. The molecule has 0 radical (unpaired) electrons. The highest BCUT2D eigenvalue weighted by Crippen LogP contribution is 2.63. The Hall–Kier alpha value is -0.0800. The largest absolute Gasteiger partial charge is 0.390 e. The monoisotopic (exact) mass is 282 g/mol. The Morgan fingerprint density at radius 2 is 1.65 bits per heavy atom. The molecule has 20 heavy (non-hydrogen) atoms. The molecule has 0 aromatic rings. The van der Waals surface area contributed by atoms with E-state index in [0.29, 0.717) is 17.8 Å². The van der Waals surface area contributed by atoms with Gasteiger partial charge in [-0.3, -0.25) is 0 Å². The molecule has 0 amide bonds. The Morgan fingerprint density at radius 1 is 1.05 bits per heavy atom. The van der Waals surface area contributed by atoms with Crippen LogP contribution in [0.15, 0.2) is 0 Å². The molecular formula is C18H34O2. The smallest absolute Gasteiger partial charge is 0.0654 e. The lowest BCUT2D eigenvalue weighted by molar-refractivity contribution is -0.183. The molecule has 2 rings (SSSR count). The van der Waals surface area contributed by atoms with Crippen LogP contribution in [0.5, 0.6) is 0 Å². The van der Waals surface area contributed by atoms with Crippen LogP contribution in [0.25, 0.3) is 0 Å². The number of rotatable bonds is 2. The zero-order valence-corrected chi connectivity index (χ0v) is 14.3. The number of hydrogen-bond donors (Lipinski definition) is 2. The zero-order chi connectivity index (χ0) is 15.4. The molecule has 0 aromatic carbocycles. The summed E-state index contributed by atoms with van der Waals surface area (Å²) in [6.07, 6.45) is 6.43. The minimum Gasteiger partial charge on any atom is -0.390 e. The molecule has 118 valence electrons. The number of fused-ring (bicyclic) bond motifs is 1. The minimum atomic E-state index is -0.707. The van der Waals surface area contributed by atoms with E-state index in [1.807, 2.05) is 20.8 Å². The minimum absolute atomic E-state index is 0.156. The van der Waals surface area contributed by atoms with Gasteiger partial charge >= 0.3 is 0 Å². The van der Waals surface area contributed by atoms with Gasteiger partial charge < -0.3 is 10.2 Å². The molecule has 0 saturated heterocycles. The summed E-state index contributed by atoms with van der Waals surface area (Å²) in [5, 5.41) is 21.3. The van der Waals surface area contributed by atoms with Crippen LogP contribution in [0.2, 0.25) is 0 Å². The third kappa shape index (κ3) is 2.78. The van der Waals surface area contributed by atoms with Crippen LogP contribution in [-0.2, 0) is 0 Å². The van der Waals surface area contributed by atoms with Gasteiger partial charge in [0.05, 0.1) is 11.2 Å². The van der Waals surface area contributed by atoms with Gasteiger partial charge in [-0.2, -0.15) is 0 Å². The first kappa shape index (κ1) is 16.3. The van der Waals surface area contributed by atoms with E-state index in [-0.39, 0.29) is 11.3 Å². The van der Waals surface area contributed by atoms with Crippen molar-refractivity contribution >= 4 is 0 Å². The lowest BCUT2D eigenvalue weighted by atomic mass is 9.44. The first-order valence-electron chi connectivity index (χ1n) is 8.33. The summed E-state index contributed by atoms with van der Waals surface area (Å²) in [5.41, 5.74) is -0.829. The highest BCUT2D eigenvalue weighted by Gasteiger charge is 2.58. The molecule has 2 N–H and O–H groups in total. The summed E-state index contributed by atoms with van der Waals surface area (Å²) >= 11 is 0. The molecule has 2 nitrogen and oxygen atoms in total. The molecular weight excluding hydrogens is 248 g/mol. The van der Waals surface area contributed by atoms with Crippen molar-refractivity contribution in [3.8, 4) is 0 Å². The van der Waals surface area contributed by atoms with Crippen LogP contribution in [0.1, 0.15) is 80.1 Å². The molecule has 0 unspecified atom stereocenters. The van der Waals surface area contributed by atoms with Crippen molar-refractivity contribution in [2.24, 2.45) is 22.7 Å². The topological polar surface area (TPSA) is 40.5 Å². The lowest BCUT2D eigenvalue weighted by Crippen LogP contribution is -2.58. The lowest BCUT2D eigenvalue weighted by Gasteiger charge is -2.62. The second-order valence-electron chi connectivity index (χ2n) is 9.37. The fourth-order valence-corrected chi connectivity index (χ4v) is 5.58. The van der Waals surface area contributed by atoms with Gasteiger partial charge in [0.2, 0.25) is 0 Å². The van der Waals surface area contributed by atoms with Crippen LogP contribution in [0.4, 0.5) is 0 Å². The second-order valence-corrected chi connectivity index (χ2v) is 9.37. The van der Waals surface area contributed by atoms with Gasteiger partial charge in [-0.05, 0) is 75.5 Å². The average molecular weight is 282 g/mol. The molecule has 0 heterocycles. The normalized spacial score (nSPS) is 45.0. The SMILES string of the molecule is CC(C)(O)C[C@H]1[C@@]2(C)CCCC(C)(C)[C@H]2CC[C@@]1(C)O. The summed E-state index contributed by atoms with van der Waals surface area (Å²) in [5.74, 6) is 0.852. The van der Waals surface area contributed by atoms with E-state index in [4.69, 9.17) is 0 Å². The predicted octanol–water partition coefficient (Wildman–Crippen LogP) is 4.14. The summed E-state index contributed by atoms with van der Waals surface area (Å²) in [7, 11) is 0. The van der Waals surface area contributed by atoms with E-state index >= 15 is 0 Å². The summed E-state index contributed by atoms with van der Waals surface area (Å²) in [4.78, 5) is 0.